The van der Waals surface area contributed by atoms with Crippen LogP contribution in [0.2, 0.25) is 0 Å². The fourth-order valence-electron chi connectivity index (χ4n) is 1.78. The molecule has 1 saturated carbocycles. The van der Waals surface area contributed by atoms with Crippen molar-refractivity contribution in [1.82, 2.24) is 9.97 Å². The predicted octanol–water partition coefficient (Wildman–Crippen LogP) is 2.15. The Balaban J connectivity index is 1.86. The number of aromatic nitrogens is 2. The zero-order chi connectivity index (χ0) is 8.23. The van der Waals surface area contributed by atoms with E-state index in [0.717, 1.165) is 5.95 Å². The Hall–Kier alpha value is -0.990. The summed E-state index contributed by atoms with van der Waals surface area (Å²) in [6.07, 6.45) is 10.3. The third-order valence-corrected chi connectivity index (χ3v) is 2.44. The molecule has 0 saturated heterocycles. The van der Waals surface area contributed by atoms with Crippen LogP contribution in [0.1, 0.15) is 32.1 Å². The van der Waals surface area contributed by atoms with E-state index in [9.17, 15) is 0 Å². The van der Waals surface area contributed by atoms with Crippen LogP contribution in [0.4, 0.5) is 5.95 Å². The van der Waals surface area contributed by atoms with Gasteiger partial charge in [-0.2, -0.15) is 0 Å². The van der Waals surface area contributed by atoms with Crippen molar-refractivity contribution in [1.29, 1.82) is 0 Å². The van der Waals surface area contributed by atoms with Crippen LogP contribution in [0.25, 0.3) is 0 Å². The highest BCUT2D eigenvalue weighted by Gasteiger charge is 2.12. The van der Waals surface area contributed by atoms with Gasteiger partial charge in [-0.25, -0.2) is 4.98 Å². The molecule has 1 aliphatic rings. The van der Waals surface area contributed by atoms with Gasteiger partial charge in [0.1, 0.15) is 0 Å². The number of hydrogen-bond donors (Lipinski definition) is 2. The van der Waals surface area contributed by atoms with Crippen molar-refractivity contribution in [3.05, 3.63) is 12.4 Å². The van der Waals surface area contributed by atoms with Crippen molar-refractivity contribution in [2.75, 3.05) is 5.32 Å². The molecule has 1 aliphatic carbocycles. The fraction of sp³-hybridized carbons (Fsp3) is 0.667. The Morgan fingerprint density at radius 2 is 2.17 bits per heavy atom. The molecule has 3 heteroatoms. The van der Waals surface area contributed by atoms with Crippen molar-refractivity contribution < 1.29 is 0 Å². The fourth-order valence-corrected chi connectivity index (χ4v) is 1.78. The minimum absolute atomic E-state index is 0.643. The van der Waals surface area contributed by atoms with E-state index < -0.39 is 0 Å². The van der Waals surface area contributed by atoms with Crippen LogP contribution >= 0.6 is 0 Å². The zero-order valence-corrected chi connectivity index (χ0v) is 7.21. The summed E-state index contributed by atoms with van der Waals surface area (Å²) in [5.41, 5.74) is 0. The number of imidazole rings is 1. The standard InChI is InChI=1S/C9H15N3/c1-2-4-8(5-3-1)12-9-10-6-7-11-9/h6-8H,1-5H2,(H2,10,11,12). The van der Waals surface area contributed by atoms with Crippen molar-refractivity contribution in [3.63, 3.8) is 0 Å². The van der Waals surface area contributed by atoms with E-state index in [2.05, 4.69) is 15.3 Å². The maximum atomic E-state index is 4.14. The molecule has 3 nitrogen and oxygen atoms in total. The molecule has 0 atom stereocenters. The van der Waals surface area contributed by atoms with E-state index in [4.69, 9.17) is 0 Å². The molecule has 0 aliphatic heterocycles. The van der Waals surface area contributed by atoms with Crippen LogP contribution in [0.3, 0.4) is 0 Å². The van der Waals surface area contributed by atoms with Crippen LogP contribution in [-0.4, -0.2) is 16.0 Å². The van der Waals surface area contributed by atoms with Crippen molar-refractivity contribution in [3.8, 4) is 0 Å². The van der Waals surface area contributed by atoms with E-state index in [1.165, 1.54) is 32.1 Å². The number of hydrogen-bond acceptors (Lipinski definition) is 2. The molecule has 0 unspecified atom stereocenters. The Kier molecular flexibility index (Phi) is 2.30. The van der Waals surface area contributed by atoms with Gasteiger partial charge in [0.25, 0.3) is 0 Å². The van der Waals surface area contributed by atoms with Gasteiger partial charge in [-0.15, -0.1) is 0 Å². The number of nitrogens with zero attached hydrogens (tertiary/aromatic N) is 1. The summed E-state index contributed by atoms with van der Waals surface area (Å²) < 4.78 is 0. The molecule has 2 rings (SSSR count). The second kappa shape index (κ2) is 3.61. The molecule has 2 N–H and O–H groups in total. The maximum Gasteiger partial charge on any atom is 0.200 e. The molecule has 1 fully saturated rings. The first-order valence-electron chi connectivity index (χ1n) is 4.71. The van der Waals surface area contributed by atoms with Gasteiger partial charge in [0.15, 0.2) is 5.95 Å². The van der Waals surface area contributed by atoms with Gasteiger partial charge in [-0.05, 0) is 12.8 Å². The average molecular weight is 165 g/mol. The summed E-state index contributed by atoms with van der Waals surface area (Å²) in [5, 5.41) is 3.39. The summed E-state index contributed by atoms with van der Waals surface area (Å²) in [6.45, 7) is 0. The van der Waals surface area contributed by atoms with Crippen LogP contribution in [-0.2, 0) is 0 Å². The summed E-state index contributed by atoms with van der Waals surface area (Å²) in [6, 6.07) is 0.643. The normalized spacial score (nSPS) is 19.3. The lowest BCUT2D eigenvalue weighted by atomic mass is 9.96. The summed E-state index contributed by atoms with van der Waals surface area (Å²) >= 11 is 0. The van der Waals surface area contributed by atoms with Crippen molar-refractivity contribution >= 4 is 5.95 Å². The zero-order valence-electron chi connectivity index (χ0n) is 7.21. The minimum atomic E-state index is 0.643. The van der Waals surface area contributed by atoms with Gasteiger partial charge >= 0.3 is 0 Å². The molecule has 12 heavy (non-hydrogen) atoms. The van der Waals surface area contributed by atoms with Gasteiger partial charge in [-0.1, -0.05) is 19.3 Å². The monoisotopic (exact) mass is 165 g/mol. The number of H-pyrrole nitrogens is 1. The van der Waals surface area contributed by atoms with E-state index in [0.29, 0.717) is 6.04 Å². The van der Waals surface area contributed by atoms with Crippen LogP contribution in [0.15, 0.2) is 12.4 Å². The van der Waals surface area contributed by atoms with Crippen LogP contribution in [0, 0.1) is 0 Å². The second-order valence-electron chi connectivity index (χ2n) is 3.42. The summed E-state index contributed by atoms with van der Waals surface area (Å²) in [5.74, 6) is 0.918. The SMILES string of the molecule is c1c[nH]c(NC2CCCCC2)n1. The Morgan fingerprint density at radius 3 is 2.83 bits per heavy atom. The van der Waals surface area contributed by atoms with Gasteiger partial charge in [0, 0.05) is 18.4 Å². The summed E-state index contributed by atoms with van der Waals surface area (Å²) in [4.78, 5) is 7.21. The lowest BCUT2D eigenvalue weighted by Crippen LogP contribution is -2.22. The van der Waals surface area contributed by atoms with E-state index >= 15 is 0 Å². The molecule has 0 aromatic carbocycles. The third kappa shape index (κ3) is 1.78. The molecular weight excluding hydrogens is 150 g/mol. The molecule has 0 spiro atoms. The van der Waals surface area contributed by atoms with Gasteiger partial charge < -0.3 is 10.3 Å². The lowest BCUT2D eigenvalue weighted by Gasteiger charge is -2.22. The highest BCUT2D eigenvalue weighted by Crippen LogP contribution is 2.19. The Bertz CT molecular complexity index is 212. The van der Waals surface area contributed by atoms with Crippen LogP contribution in [0.5, 0.6) is 0 Å². The van der Waals surface area contributed by atoms with Gasteiger partial charge in [0.2, 0.25) is 0 Å². The average Bonchev–Trinajstić information content (AvgIpc) is 2.59. The molecule has 0 bridgehead atoms. The number of aromatic amines is 1. The first-order valence-corrected chi connectivity index (χ1v) is 4.71. The first-order chi connectivity index (χ1) is 5.95. The molecule has 1 heterocycles. The molecule has 1 aromatic rings. The van der Waals surface area contributed by atoms with E-state index in [1.807, 2.05) is 6.20 Å². The Labute approximate surface area is 72.6 Å². The molecule has 0 amide bonds. The van der Waals surface area contributed by atoms with Crippen LogP contribution < -0.4 is 5.32 Å². The highest BCUT2D eigenvalue weighted by molar-refractivity contribution is 5.24. The predicted molar refractivity (Wildman–Crippen MR) is 49.1 cm³/mol. The first kappa shape index (κ1) is 7.65. The molecular formula is C9H15N3. The van der Waals surface area contributed by atoms with E-state index in [1.54, 1.807) is 6.20 Å². The lowest BCUT2D eigenvalue weighted by molar-refractivity contribution is 0.461. The molecule has 1 aromatic heterocycles. The largest absolute Gasteiger partial charge is 0.353 e. The quantitative estimate of drug-likeness (QED) is 0.705. The highest BCUT2D eigenvalue weighted by atomic mass is 15.1. The van der Waals surface area contributed by atoms with Crippen molar-refractivity contribution in [2.24, 2.45) is 0 Å². The van der Waals surface area contributed by atoms with Crippen molar-refractivity contribution in [2.45, 2.75) is 38.1 Å². The molecule has 66 valence electrons. The third-order valence-electron chi connectivity index (χ3n) is 2.44. The number of anilines is 1. The number of rotatable bonds is 2. The Morgan fingerprint density at radius 1 is 1.33 bits per heavy atom. The van der Waals surface area contributed by atoms with E-state index in [-0.39, 0.29) is 0 Å². The minimum Gasteiger partial charge on any atom is -0.353 e. The van der Waals surface area contributed by atoms with Gasteiger partial charge in [0.05, 0.1) is 0 Å². The number of nitrogens with one attached hydrogen (secondary N) is 2. The van der Waals surface area contributed by atoms with Gasteiger partial charge in [-0.3, -0.25) is 0 Å². The second-order valence-corrected chi connectivity index (χ2v) is 3.42. The molecule has 0 radical (unpaired) electrons. The smallest absolute Gasteiger partial charge is 0.200 e. The topological polar surface area (TPSA) is 40.7 Å². The summed E-state index contributed by atoms with van der Waals surface area (Å²) in [7, 11) is 0. The maximum absolute atomic E-state index is 4.14.